The van der Waals surface area contributed by atoms with Crippen LogP contribution in [0.25, 0.3) is 11.0 Å². The van der Waals surface area contributed by atoms with Crippen LogP contribution in [-0.4, -0.2) is 21.7 Å². The Morgan fingerprint density at radius 3 is 2.81 bits per heavy atom. The van der Waals surface area contributed by atoms with Crippen LogP contribution in [0.5, 0.6) is 0 Å². The van der Waals surface area contributed by atoms with E-state index in [2.05, 4.69) is 26.4 Å². The van der Waals surface area contributed by atoms with E-state index in [1.54, 1.807) is 0 Å². The van der Waals surface area contributed by atoms with Crippen molar-refractivity contribution in [3.05, 3.63) is 24.3 Å². The van der Waals surface area contributed by atoms with Crippen LogP contribution in [0.1, 0.15) is 12.8 Å². The van der Waals surface area contributed by atoms with E-state index in [0.717, 1.165) is 30.4 Å². The molecule has 0 bridgehead atoms. The van der Waals surface area contributed by atoms with Gasteiger partial charge < -0.3 is 5.32 Å². The van der Waals surface area contributed by atoms with Crippen LogP contribution in [0, 0.1) is 12.3 Å². The van der Waals surface area contributed by atoms with E-state index in [0.29, 0.717) is 5.95 Å². The Balaban J connectivity index is 2.05. The zero-order chi connectivity index (χ0) is 11.2. The summed E-state index contributed by atoms with van der Waals surface area (Å²) in [7, 11) is 0. The second-order valence-electron chi connectivity index (χ2n) is 3.36. The van der Waals surface area contributed by atoms with Gasteiger partial charge in [-0.1, -0.05) is 12.1 Å². The first-order chi connectivity index (χ1) is 7.90. The smallest absolute Gasteiger partial charge is 0.243 e. The molecule has 0 unspecified atom stereocenters. The molecule has 2 aromatic rings. The fraction of sp³-hybridized carbons (Fsp3) is 0.250. The van der Waals surface area contributed by atoms with E-state index in [1.807, 2.05) is 24.3 Å². The number of nitrogens with zero attached hydrogens (tertiary/aromatic N) is 3. The maximum atomic E-state index is 5.16. The van der Waals surface area contributed by atoms with Gasteiger partial charge in [-0.3, -0.25) is 0 Å². The number of anilines is 1. The summed E-state index contributed by atoms with van der Waals surface area (Å²) in [5.41, 5.74) is 1.65. The molecule has 80 valence electrons. The molecule has 0 aliphatic rings. The Morgan fingerprint density at radius 1 is 1.19 bits per heavy atom. The van der Waals surface area contributed by atoms with Crippen molar-refractivity contribution in [2.45, 2.75) is 12.8 Å². The molecule has 0 spiro atoms. The summed E-state index contributed by atoms with van der Waals surface area (Å²) in [6.45, 7) is 0.768. The molecule has 2 rings (SSSR count). The molecule has 4 nitrogen and oxygen atoms in total. The quantitative estimate of drug-likeness (QED) is 0.620. The second kappa shape index (κ2) is 5.08. The highest BCUT2D eigenvalue weighted by Gasteiger charge is 1.99. The summed E-state index contributed by atoms with van der Waals surface area (Å²) in [6, 6.07) is 7.64. The fourth-order valence-electron chi connectivity index (χ4n) is 1.35. The van der Waals surface area contributed by atoms with Crippen molar-refractivity contribution in [1.82, 2.24) is 15.2 Å². The molecule has 0 amide bonds. The summed E-state index contributed by atoms with van der Waals surface area (Å²) < 4.78 is 0. The van der Waals surface area contributed by atoms with Gasteiger partial charge in [0.15, 0.2) is 0 Å². The average Bonchev–Trinajstić information content (AvgIpc) is 2.34. The molecule has 16 heavy (non-hydrogen) atoms. The Morgan fingerprint density at radius 2 is 2.00 bits per heavy atom. The Hall–Kier alpha value is -2.15. The molecule has 0 saturated carbocycles. The highest BCUT2D eigenvalue weighted by molar-refractivity contribution is 5.73. The van der Waals surface area contributed by atoms with Gasteiger partial charge >= 0.3 is 0 Å². The maximum Gasteiger partial charge on any atom is 0.243 e. The third kappa shape index (κ3) is 2.45. The number of hydrogen-bond donors (Lipinski definition) is 1. The van der Waals surface area contributed by atoms with Gasteiger partial charge in [-0.2, -0.15) is 0 Å². The van der Waals surface area contributed by atoms with Crippen LogP contribution in [0.3, 0.4) is 0 Å². The van der Waals surface area contributed by atoms with Crippen molar-refractivity contribution in [3.63, 3.8) is 0 Å². The van der Waals surface area contributed by atoms with Gasteiger partial charge in [0.1, 0.15) is 5.52 Å². The minimum atomic E-state index is 0.552. The topological polar surface area (TPSA) is 50.7 Å². The van der Waals surface area contributed by atoms with Crippen LogP contribution < -0.4 is 5.32 Å². The van der Waals surface area contributed by atoms with Crippen LogP contribution in [0.2, 0.25) is 0 Å². The Labute approximate surface area is 94.1 Å². The zero-order valence-corrected chi connectivity index (χ0v) is 8.85. The lowest BCUT2D eigenvalue weighted by Gasteiger charge is -2.02. The first-order valence-electron chi connectivity index (χ1n) is 5.17. The third-order valence-electron chi connectivity index (χ3n) is 2.14. The number of unbranched alkanes of at least 4 members (excludes halogenated alkanes) is 1. The summed E-state index contributed by atoms with van der Waals surface area (Å²) >= 11 is 0. The first-order valence-corrected chi connectivity index (χ1v) is 5.17. The van der Waals surface area contributed by atoms with E-state index in [9.17, 15) is 0 Å². The SMILES string of the molecule is C#CCCCNc1nnc2ccccc2n1. The van der Waals surface area contributed by atoms with Crippen LogP contribution >= 0.6 is 0 Å². The summed E-state index contributed by atoms with van der Waals surface area (Å²) in [6.07, 6.45) is 6.83. The van der Waals surface area contributed by atoms with Gasteiger partial charge in [0.25, 0.3) is 0 Å². The molecule has 4 heteroatoms. The Bertz CT molecular complexity index is 516. The van der Waals surface area contributed by atoms with Crippen molar-refractivity contribution in [2.24, 2.45) is 0 Å². The Kier molecular flexibility index (Phi) is 3.29. The van der Waals surface area contributed by atoms with E-state index in [4.69, 9.17) is 6.42 Å². The maximum absolute atomic E-state index is 5.16. The van der Waals surface area contributed by atoms with Gasteiger partial charge in [0.05, 0.1) is 5.52 Å². The van der Waals surface area contributed by atoms with Crippen LogP contribution in [0.15, 0.2) is 24.3 Å². The standard InChI is InChI=1S/C12H12N4/c1-2-3-6-9-13-12-14-10-7-4-5-8-11(10)15-16-12/h1,4-5,7-8H,3,6,9H2,(H,13,14,16). The van der Waals surface area contributed by atoms with E-state index < -0.39 is 0 Å². The monoisotopic (exact) mass is 212 g/mol. The lowest BCUT2D eigenvalue weighted by molar-refractivity contribution is 0.882. The zero-order valence-electron chi connectivity index (χ0n) is 8.85. The summed E-state index contributed by atoms with van der Waals surface area (Å²) in [4.78, 5) is 4.34. The van der Waals surface area contributed by atoms with Gasteiger partial charge in [-0.15, -0.1) is 22.5 Å². The minimum absolute atomic E-state index is 0.552. The molecule has 1 heterocycles. The largest absolute Gasteiger partial charge is 0.353 e. The number of nitrogens with one attached hydrogen (secondary N) is 1. The summed E-state index contributed by atoms with van der Waals surface area (Å²) in [5, 5.41) is 11.1. The van der Waals surface area contributed by atoms with Crippen molar-refractivity contribution < 1.29 is 0 Å². The number of rotatable bonds is 4. The minimum Gasteiger partial charge on any atom is -0.353 e. The molecule has 0 saturated heterocycles. The number of fused-ring (bicyclic) bond motifs is 1. The molecule has 1 N–H and O–H groups in total. The average molecular weight is 212 g/mol. The molecular weight excluding hydrogens is 200 g/mol. The number of benzene rings is 1. The van der Waals surface area contributed by atoms with Gasteiger partial charge in [-0.25, -0.2) is 4.98 Å². The molecule has 0 aliphatic carbocycles. The summed E-state index contributed by atoms with van der Waals surface area (Å²) in [5.74, 6) is 3.14. The number of aromatic nitrogens is 3. The number of hydrogen-bond acceptors (Lipinski definition) is 4. The van der Waals surface area contributed by atoms with E-state index >= 15 is 0 Å². The van der Waals surface area contributed by atoms with Crippen molar-refractivity contribution in [2.75, 3.05) is 11.9 Å². The van der Waals surface area contributed by atoms with Gasteiger partial charge in [0.2, 0.25) is 5.95 Å². The normalized spacial score (nSPS) is 9.94. The lowest BCUT2D eigenvalue weighted by atomic mass is 10.3. The van der Waals surface area contributed by atoms with Crippen molar-refractivity contribution in [1.29, 1.82) is 0 Å². The molecular formula is C12H12N4. The van der Waals surface area contributed by atoms with Gasteiger partial charge in [0, 0.05) is 13.0 Å². The van der Waals surface area contributed by atoms with Crippen LogP contribution in [0.4, 0.5) is 5.95 Å². The van der Waals surface area contributed by atoms with Gasteiger partial charge in [-0.05, 0) is 18.6 Å². The molecule has 0 fully saturated rings. The number of para-hydroxylation sites is 1. The molecule has 1 aromatic heterocycles. The van der Waals surface area contributed by atoms with Crippen molar-refractivity contribution >= 4 is 17.0 Å². The van der Waals surface area contributed by atoms with E-state index in [1.165, 1.54) is 0 Å². The first kappa shape index (κ1) is 10.4. The second-order valence-corrected chi connectivity index (χ2v) is 3.36. The molecule has 1 aromatic carbocycles. The third-order valence-corrected chi connectivity index (χ3v) is 2.14. The number of terminal acetylenes is 1. The highest BCUT2D eigenvalue weighted by atomic mass is 15.2. The molecule has 0 atom stereocenters. The fourth-order valence-corrected chi connectivity index (χ4v) is 1.35. The van der Waals surface area contributed by atoms with E-state index in [-0.39, 0.29) is 0 Å². The van der Waals surface area contributed by atoms with Crippen molar-refractivity contribution in [3.8, 4) is 12.3 Å². The molecule has 0 radical (unpaired) electrons. The lowest BCUT2D eigenvalue weighted by Crippen LogP contribution is -2.06. The predicted octanol–water partition coefficient (Wildman–Crippen LogP) is 1.85. The molecule has 0 aliphatic heterocycles. The highest BCUT2D eigenvalue weighted by Crippen LogP contribution is 2.08. The van der Waals surface area contributed by atoms with Crippen LogP contribution in [-0.2, 0) is 0 Å². The predicted molar refractivity (Wildman–Crippen MR) is 63.9 cm³/mol.